The molecule has 2 fully saturated rings. The highest BCUT2D eigenvalue weighted by molar-refractivity contribution is 5.92. The van der Waals surface area contributed by atoms with Crippen LogP contribution in [0.25, 0.3) is 0 Å². The van der Waals surface area contributed by atoms with Crippen molar-refractivity contribution in [3.63, 3.8) is 0 Å². The normalized spacial score (nSPS) is 27.7. The van der Waals surface area contributed by atoms with Crippen molar-refractivity contribution in [1.82, 2.24) is 10.6 Å². The summed E-state index contributed by atoms with van der Waals surface area (Å²) in [5.74, 6) is 1.91. The summed E-state index contributed by atoms with van der Waals surface area (Å²) in [6, 6.07) is 0.161. The third kappa shape index (κ3) is 4.61. The Kier molecular flexibility index (Phi) is 5.72. The van der Waals surface area contributed by atoms with Gasteiger partial charge in [0, 0.05) is 13.0 Å². The summed E-state index contributed by atoms with van der Waals surface area (Å²) in [4.78, 5) is 28.2. The van der Waals surface area contributed by atoms with Crippen LogP contribution in [0.1, 0.15) is 53.4 Å². The summed E-state index contributed by atoms with van der Waals surface area (Å²) in [7, 11) is 0. The zero-order valence-electron chi connectivity index (χ0n) is 15.1. The van der Waals surface area contributed by atoms with Gasteiger partial charge in [0.2, 0.25) is 5.91 Å². The molecule has 24 heavy (non-hydrogen) atoms. The summed E-state index contributed by atoms with van der Waals surface area (Å²) >= 11 is 0. The summed E-state index contributed by atoms with van der Waals surface area (Å²) in [5, 5.41) is 9.42. The van der Waals surface area contributed by atoms with Crippen LogP contribution in [-0.4, -0.2) is 35.8 Å². The molecule has 0 aromatic heterocycles. The third-order valence-corrected chi connectivity index (χ3v) is 5.31. The van der Waals surface area contributed by atoms with Gasteiger partial charge in [0.05, 0.1) is 5.54 Å². The number of carbonyl (C=O) groups excluding carboxylic acids is 2. The number of hydrogen-bond donors (Lipinski definition) is 3. The Labute approximate surface area is 143 Å². The quantitative estimate of drug-likeness (QED) is 0.367. The molecular formula is C17H30N4O3. The number of carbonyl (C=O) groups is 2. The Hall–Kier alpha value is -1.79. The largest absolute Gasteiger partial charge is 0.384 e. The van der Waals surface area contributed by atoms with Gasteiger partial charge in [-0.2, -0.15) is 0 Å². The molecule has 7 heteroatoms. The van der Waals surface area contributed by atoms with E-state index in [2.05, 4.69) is 22.7 Å². The van der Waals surface area contributed by atoms with Gasteiger partial charge in [-0.05, 0) is 57.8 Å². The van der Waals surface area contributed by atoms with Crippen LogP contribution in [0.15, 0.2) is 5.16 Å². The number of oxime groups is 1. The first-order valence-corrected chi connectivity index (χ1v) is 8.73. The molecule has 4 N–H and O–H groups in total. The number of hydrogen-bond acceptors (Lipinski definition) is 4. The minimum Gasteiger partial charge on any atom is -0.384 e. The molecule has 0 aromatic carbocycles. The minimum atomic E-state index is -0.821. The van der Waals surface area contributed by atoms with Crippen LogP contribution >= 0.6 is 0 Å². The molecule has 2 aliphatic carbocycles. The Bertz CT molecular complexity index is 518. The number of amidine groups is 1. The molecule has 2 saturated carbocycles. The van der Waals surface area contributed by atoms with Gasteiger partial charge in [0.15, 0.2) is 12.4 Å². The van der Waals surface area contributed by atoms with Crippen molar-refractivity contribution >= 4 is 17.6 Å². The van der Waals surface area contributed by atoms with Crippen molar-refractivity contribution in [3.05, 3.63) is 0 Å². The van der Waals surface area contributed by atoms with Crippen LogP contribution in [0, 0.1) is 17.8 Å². The molecule has 2 bridgehead atoms. The Morgan fingerprint density at radius 1 is 1.33 bits per heavy atom. The van der Waals surface area contributed by atoms with Crippen LogP contribution in [0.2, 0.25) is 0 Å². The molecule has 0 heterocycles. The number of nitrogens with zero attached hydrogens (tertiary/aromatic N) is 1. The molecule has 0 unspecified atom stereocenters. The van der Waals surface area contributed by atoms with Crippen LogP contribution < -0.4 is 16.4 Å². The van der Waals surface area contributed by atoms with E-state index in [0.717, 1.165) is 11.8 Å². The average molecular weight is 338 g/mol. The van der Waals surface area contributed by atoms with Gasteiger partial charge >= 0.3 is 0 Å². The fourth-order valence-electron chi connectivity index (χ4n) is 4.09. The van der Waals surface area contributed by atoms with Crippen LogP contribution in [-0.2, 0) is 14.4 Å². The van der Waals surface area contributed by atoms with Crippen LogP contribution in [0.3, 0.4) is 0 Å². The summed E-state index contributed by atoms with van der Waals surface area (Å²) < 4.78 is 0. The van der Waals surface area contributed by atoms with E-state index in [0.29, 0.717) is 5.92 Å². The molecule has 4 atom stereocenters. The molecule has 0 radical (unpaired) electrons. The van der Waals surface area contributed by atoms with Gasteiger partial charge in [-0.3, -0.25) is 9.59 Å². The second-order valence-corrected chi connectivity index (χ2v) is 7.75. The Morgan fingerprint density at radius 2 is 2.04 bits per heavy atom. The fourth-order valence-corrected chi connectivity index (χ4v) is 4.09. The number of nitrogens with two attached hydrogens (primary N) is 1. The van der Waals surface area contributed by atoms with Crippen molar-refractivity contribution in [2.75, 3.05) is 6.61 Å². The molecule has 136 valence electrons. The van der Waals surface area contributed by atoms with Crippen molar-refractivity contribution in [2.45, 2.75) is 65.0 Å². The maximum absolute atomic E-state index is 12.0. The lowest BCUT2D eigenvalue weighted by Gasteiger charge is -2.28. The van der Waals surface area contributed by atoms with E-state index in [4.69, 9.17) is 10.6 Å². The predicted octanol–water partition coefficient (Wildman–Crippen LogP) is 1.13. The van der Waals surface area contributed by atoms with Crippen LogP contribution in [0.4, 0.5) is 0 Å². The highest BCUT2D eigenvalue weighted by atomic mass is 16.6. The molecule has 7 nitrogen and oxygen atoms in total. The molecule has 2 rings (SSSR count). The number of nitrogens with one attached hydrogen (secondary N) is 2. The highest BCUT2D eigenvalue weighted by Crippen LogP contribution is 2.49. The monoisotopic (exact) mass is 338 g/mol. The van der Waals surface area contributed by atoms with E-state index in [-0.39, 0.29) is 30.3 Å². The first-order chi connectivity index (χ1) is 11.2. The van der Waals surface area contributed by atoms with Crippen molar-refractivity contribution in [1.29, 1.82) is 0 Å². The van der Waals surface area contributed by atoms with Gasteiger partial charge in [-0.1, -0.05) is 11.6 Å². The van der Waals surface area contributed by atoms with Gasteiger partial charge in [-0.15, -0.1) is 0 Å². The Morgan fingerprint density at radius 3 is 2.58 bits per heavy atom. The smallest absolute Gasteiger partial charge is 0.260 e. The molecule has 2 amide bonds. The summed E-state index contributed by atoms with van der Waals surface area (Å²) in [5.41, 5.74) is 4.99. The highest BCUT2D eigenvalue weighted by Gasteiger charge is 2.42. The maximum atomic E-state index is 12.0. The minimum absolute atomic E-state index is 0.117. The van der Waals surface area contributed by atoms with Crippen molar-refractivity contribution < 1.29 is 14.4 Å². The second kappa shape index (κ2) is 7.40. The van der Waals surface area contributed by atoms with Gasteiger partial charge in [0.25, 0.3) is 5.91 Å². The summed E-state index contributed by atoms with van der Waals surface area (Å²) in [6.45, 7) is 6.73. The standard InChI is InChI=1S/C17H30N4O3/c1-10(14-8-12-5-6-13(14)7-12)19-15(23)9-24-21-16(18)17(3,4)20-11(2)22/h10,12-14H,5-9H2,1-4H3,(H2,18,21)(H,19,23)(H,20,22)/t10-,12-,13-,14-/m0/s1. The molecule has 2 aliphatic rings. The van der Waals surface area contributed by atoms with E-state index in [1.807, 2.05) is 0 Å². The zero-order valence-corrected chi connectivity index (χ0v) is 15.1. The van der Waals surface area contributed by atoms with E-state index < -0.39 is 5.54 Å². The topological polar surface area (TPSA) is 106 Å². The van der Waals surface area contributed by atoms with Crippen molar-refractivity contribution in [2.24, 2.45) is 28.6 Å². The third-order valence-electron chi connectivity index (χ3n) is 5.31. The Balaban J connectivity index is 1.74. The number of fused-ring (bicyclic) bond motifs is 2. The predicted molar refractivity (Wildman–Crippen MR) is 92.0 cm³/mol. The lowest BCUT2D eigenvalue weighted by atomic mass is 9.84. The first-order valence-electron chi connectivity index (χ1n) is 8.73. The van der Waals surface area contributed by atoms with E-state index >= 15 is 0 Å². The molecule has 0 aliphatic heterocycles. The number of amides is 2. The average Bonchev–Trinajstić information content (AvgIpc) is 3.08. The van der Waals surface area contributed by atoms with Gasteiger partial charge in [-0.25, -0.2) is 0 Å². The van der Waals surface area contributed by atoms with E-state index in [1.54, 1.807) is 13.8 Å². The van der Waals surface area contributed by atoms with Crippen LogP contribution in [0.5, 0.6) is 0 Å². The lowest BCUT2D eigenvalue weighted by molar-refractivity contribution is -0.127. The lowest BCUT2D eigenvalue weighted by Crippen LogP contribution is -2.52. The maximum Gasteiger partial charge on any atom is 0.260 e. The fraction of sp³-hybridized carbons (Fsp3) is 0.824. The van der Waals surface area contributed by atoms with Crippen molar-refractivity contribution in [3.8, 4) is 0 Å². The first kappa shape index (κ1) is 18.5. The molecular weight excluding hydrogens is 308 g/mol. The van der Waals surface area contributed by atoms with Gasteiger partial charge in [0.1, 0.15) is 0 Å². The van der Waals surface area contributed by atoms with Gasteiger partial charge < -0.3 is 21.2 Å². The molecule has 0 saturated heterocycles. The van der Waals surface area contributed by atoms with E-state index in [9.17, 15) is 9.59 Å². The zero-order chi connectivity index (χ0) is 17.9. The second-order valence-electron chi connectivity index (χ2n) is 7.75. The molecule has 0 aromatic rings. The summed E-state index contributed by atoms with van der Waals surface area (Å²) in [6.07, 6.45) is 5.19. The van der Waals surface area contributed by atoms with E-state index in [1.165, 1.54) is 32.6 Å². The SMILES string of the molecule is CC(=O)NC(C)(C)/C(N)=N/OCC(=O)N[C@@H](C)[C@@H]1C[C@H]2CC[C@H]1C2. The number of rotatable bonds is 7. The molecule has 0 spiro atoms.